The first-order chi connectivity index (χ1) is 12.5. The van der Waals surface area contributed by atoms with Gasteiger partial charge in [0.05, 0.1) is 5.56 Å². The molecule has 0 aliphatic heterocycles. The van der Waals surface area contributed by atoms with E-state index < -0.39 is 5.97 Å². The zero-order valence-corrected chi connectivity index (χ0v) is 14.9. The molecule has 0 fully saturated rings. The van der Waals surface area contributed by atoms with Gasteiger partial charge >= 0.3 is 5.97 Å². The molecule has 2 aromatic carbocycles. The van der Waals surface area contributed by atoms with E-state index in [2.05, 4.69) is 5.32 Å². The molecule has 0 atom stereocenters. The van der Waals surface area contributed by atoms with Gasteiger partial charge in [0.15, 0.2) is 0 Å². The number of carbonyl (C=O) groups is 3. The van der Waals surface area contributed by atoms with Gasteiger partial charge in [0.2, 0.25) is 0 Å². The fraction of sp³-hybridized carbons (Fsp3) is 0.250. The van der Waals surface area contributed by atoms with Crippen LogP contribution in [0, 0.1) is 0 Å². The van der Waals surface area contributed by atoms with Crippen LogP contribution in [0.3, 0.4) is 0 Å². The Labute approximate surface area is 152 Å². The molecule has 0 saturated heterocycles. The van der Waals surface area contributed by atoms with E-state index in [0.29, 0.717) is 24.2 Å². The Morgan fingerprint density at radius 3 is 2.12 bits per heavy atom. The zero-order valence-electron chi connectivity index (χ0n) is 14.9. The van der Waals surface area contributed by atoms with Gasteiger partial charge in [-0.3, -0.25) is 9.59 Å². The molecule has 0 saturated carbocycles. The summed E-state index contributed by atoms with van der Waals surface area (Å²) in [5.74, 6) is -1.44. The third-order valence-electron chi connectivity index (χ3n) is 4.08. The van der Waals surface area contributed by atoms with E-state index in [1.807, 2.05) is 13.8 Å². The maximum absolute atomic E-state index is 12.3. The van der Waals surface area contributed by atoms with Gasteiger partial charge in [0, 0.05) is 30.8 Å². The smallest absolute Gasteiger partial charge is 0.335 e. The summed E-state index contributed by atoms with van der Waals surface area (Å²) < 4.78 is 0. The topological polar surface area (TPSA) is 86.7 Å². The number of nitrogens with zero attached hydrogens (tertiary/aromatic N) is 1. The normalized spacial score (nSPS) is 10.2. The van der Waals surface area contributed by atoms with E-state index in [0.717, 1.165) is 5.56 Å². The second-order valence-electron chi connectivity index (χ2n) is 5.74. The number of aromatic carboxylic acids is 1. The number of amides is 2. The lowest BCUT2D eigenvalue weighted by Gasteiger charge is -2.18. The first kappa shape index (κ1) is 19.2. The van der Waals surface area contributed by atoms with Crippen LogP contribution in [0.2, 0.25) is 0 Å². The Hall–Kier alpha value is -3.15. The SMILES string of the molecule is CCN(CC)C(=O)c1ccc(CNC(=O)c2cccc(C(=O)O)c2)cc1. The summed E-state index contributed by atoms with van der Waals surface area (Å²) in [6.07, 6.45) is 0. The van der Waals surface area contributed by atoms with Crippen LogP contribution in [0.15, 0.2) is 48.5 Å². The number of hydrogen-bond acceptors (Lipinski definition) is 3. The fourth-order valence-electron chi connectivity index (χ4n) is 2.54. The molecule has 0 unspecified atom stereocenters. The molecule has 2 amide bonds. The monoisotopic (exact) mass is 354 g/mol. The van der Waals surface area contributed by atoms with Gasteiger partial charge in [-0.25, -0.2) is 4.79 Å². The summed E-state index contributed by atoms with van der Waals surface area (Å²) in [5, 5.41) is 11.7. The van der Waals surface area contributed by atoms with Crippen molar-refractivity contribution in [2.24, 2.45) is 0 Å². The van der Waals surface area contributed by atoms with Crippen LogP contribution in [0.1, 0.15) is 50.5 Å². The van der Waals surface area contributed by atoms with E-state index in [-0.39, 0.29) is 23.9 Å². The molecule has 2 rings (SSSR count). The maximum atomic E-state index is 12.3. The van der Waals surface area contributed by atoms with E-state index >= 15 is 0 Å². The summed E-state index contributed by atoms with van der Waals surface area (Å²) in [5.41, 5.74) is 1.82. The van der Waals surface area contributed by atoms with Crippen LogP contribution in [0.4, 0.5) is 0 Å². The van der Waals surface area contributed by atoms with Gasteiger partial charge in [-0.1, -0.05) is 18.2 Å². The number of hydrogen-bond donors (Lipinski definition) is 2. The molecule has 136 valence electrons. The lowest BCUT2D eigenvalue weighted by molar-refractivity contribution is 0.0695. The predicted octanol–water partition coefficient (Wildman–Crippen LogP) is 2.80. The molecule has 0 spiro atoms. The molecule has 2 N–H and O–H groups in total. The average Bonchev–Trinajstić information content (AvgIpc) is 2.67. The van der Waals surface area contributed by atoms with Gasteiger partial charge in [-0.15, -0.1) is 0 Å². The van der Waals surface area contributed by atoms with Crippen molar-refractivity contribution in [3.8, 4) is 0 Å². The van der Waals surface area contributed by atoms with E-state index in [1.54, 1.807) is 35.2 Å². The molecular formula is C20H22N2O4. The minimum absolute atomic E-state index is 0.0175. The summed E-state index contributed by atoms with van der Waals surface area (Å²) in [6, 6.07) is 12.9. The Morgan fingerprint density at radius 2 is 1.54 bits per heavy atom. The van der Waals surface area contributed by atoms with E-state index in [4.69, 9.17) is 5.11 Å². The second-order valence-corrected chi connectivity index (χ2v) is 5.74. The van der Waals surface area contributed by atoms with Crippen molar-refractivity contribution >= 4 is 17.8 Å². The highest BCUT2D eigenvalue weighted by molar-refractivity contribution is 5.97. The summed E-state index contributed by atoms with van der Waals surface area (Å²) in [4.78, 5) is 37.1. The quantitative estimate of drug-likeness (QED) is 0.800. The molecule has 0 bridgehead atoms. The van der Waals surface area contributed by atoms with Crippen LogP contribution in [0.25, 0.3) is 0 Å². The van der Waals surface area contributed by atoms with Gasteiger partial charge in [-0.2, -0.15) is 0 Å². The summed E-state index contributed by atoms with van der Waals surface area (Å²) in [6.45, 7) is 5.47. The standard InChI is InChI=1S/C20H22N2O4/c1-3-22(4-2)19(24)15-10-8-14(9-11-15)13-21-18(23)16-6-5-7-17(12-16)20(25)26/h5-12H,3-4,13H2,1-2H3,(H,21,23)(H,25,26). The number of nitrogens with one attached hydrogen (secondary N) is 1. The first-order valence-electron chi connectivity index (χ1n) is 8.46. The van der Waals surface area contributed by atoms with Crippen LogP contribution >= 0.6 is 0 Å². The number of carboxylic acid groups (broad SMARTS) is 1. The molecule has 0 aromatic heterocycles. The van der Waals surface area contributed by atoms with Crippen LogP contribution < -0.4 is 5.32 Å². The lowest BCUT2D eigenvalue weighted by atomic mass is 10.1. The van der Waals surface area contributed by atoms with E-state index in [1.165, 1.54) is 18.2 Å². The summed E-state index contributed by atoms with van der Waals surface area (Å²) in [7, 11) is 0. The predicted molar refractivity (Wildman–Crippen MR) is 98.3 cm³/mol. The van der Waals surface area contributed by atoms with Crippen LogP contribution in [-0.4, -0.2) is 40.9 Å². The number of rotatable bonds is 7. The molecule has 26 heavy (non-hydrogen) atoms. The van der Waals surface area contributed by atoms with Crippen molar-refractivity contribution in [3.05, 3.63) is 70.8 Å². The largest absolute Gasteiger partial charge is 0.478 e. The van der Waals surface area contributed by atoms with Crippen molar-refractivity contribution in [3.63, 3.8) is 0 Å². The van der Waals surface area contributed by atoms with Crippen molar-refractivity contribution < 1.29 is 19.5 Å². The molecule has 0 aliphatic rings. The minimum Gasteiger partial charge on any atom is -0.478 e. The van der Waals surface area contributed by atoms with Crippen molar-refractivity contribution in [1.29, 1.82) is 0 Å². The van der Waals surface area contributed by atoms with Gasteiger partial charge in [0.25, 0.3) is 11.8 Å². The van der Waals surface area contributed by atoms with E-state index in [9.17, 15) is 14.4 Å². The molecular weight excluding hydrogens is 332 g/mol. The van der Waals surface area contributed by atoms with Gasteiger partial charge in [0.1, 0.15) is 0 Å². The zero-order chi connectivity index (χ0) is 19.1. The minimum atomic E-state index is -1.08. The highest BCUT2D eigenvalue weighted by Gasteiger charge is 2.12. The van der Waals surface area contributed by atoms with Crippen molar-refractivity contribution in [2.75, 3.05) is 13.1 Å². The highest BCUT2D eigenvalue weighted by Crippen LogP contribution is 2.09. The highest BCUT2D eigenvalue weighted by atomic mass is 16.4. The molecule has 6 heteroatoms. The second kappa shape index (κ2) is 8.80. The van der Waals surface area contributed by atoms with Crippen LogP contribution in [0.5, 0.6) is 0 Å². The Morgan fingerprint density at radius 1 is 0.923 bits per heavy atom. The third kappa shape index (κ3) is 4.69. The van der Waals surface area contributed by atoms with Crippen LogP contribution in [-0.2, 0) is 6.54 Å². The number of carboxylic acids is 1. The maximum Gasteiger partial charge on any atom is 0.335 e. The Kier molecular flexibility index (Phi) is 6.49. The van der Waals surface area contributed by atoms with Crippen molar-refractivity contribution in [1.82, 2.24) is 10.2 Å². The molecule has 6 nitrogen and oxygen atoms in total. The summed E-state index contributed by atoms with van der Waals surface area (Å²) >= 11 is 0. The molecule has 0 aliphatic carbocycles. The fourth-order valence-corrected chi connectivity index (χ4v) is 2.54. The average molecular weight is 354 g/mol. The number of carbonyl (C=O) groups excluding carboxylic acids is 2. The third-order valence-corrected chi connectivity index (χ3v) is 4.08. The lowest BCUT2D eigenvalue weighted by Crippen LogP contribution is -2.30. The Bertz CT molecular complexity index is 796. The molecule has 2 aromatic rings. The van der Waals surface area contributed by atoms with Crippen molar-refractivity contribution in [2.45, 2.75) is 20.4 Å². The molecule has 0 heterocycles. The van der Waals surface area contributed by atoms with Gasteiger partial charge in [-0.05, 0) is 49.7 Å². The number of benzene rings is 2. The van der Waals surface area contributed by atoms with Gasteiger partial charge < -0.3 is 15.3 Å². The molecule has 0 radical (unpaired) electrons. The first-order valence-corrected chi connectivity index (χ1v) is 8.46. The Balaban J connectivity index is 1.99.